The number of carbonyl (C=O) groups excluding carboxylic acids is 1. The lowest BCUT2D eigenvalue weighted by Gasteiger charge is -2.29. The summed E-state index contributed by atoms with van der Waals surface area (Å²) in [7, 11) is 0. The van der Waals surface area contributed by atoms with Crippen LogP contribution in [0.2, 0.25) is 0 Å². The van der Waals surface area contributed by atoms with Crippen LogP contribution >= 0.6 is 0 Å². The number of ether oxygens (including phenoxy) is 2. The van der Waals surface area contributed by atoms with Gasteiger partial charge in [-0.05, 0) is 55.7 Å². The highest BCUT2D eigenvalue weighted by Gasteiger charge is 2.28. The Labute approximate surface area is 208 Å². The lowest BCUT2D eigenvalue weighted by atomic mass is 9.83. The Morgan fingerprint density at radius 3 is 2.56 bits per heavy atom. The monoisotopic (exact) mass is 478 g/mol. The van der Waals surface area contributed by atoms with Crippen molar-refractivity contribution in [3.63, 3.8) is 0 Å². The molecule has 0 unspecified atom stereocenters. The zero-order chi connectivity index (χ0) is 25.6. The molecule has 34 heavy (non-hydrogen) atoms. The maximum absolute atomic E-state index is 12.5. The van der Waals surface area contributed by atoms with Crippen LogP contribution in [-0.4, -0.2) is 49.5 Å². The molecular formula is C28H50N2O4. The second kappa shape index (κ2) is 16.1. The summed E-state index contributed by atoms with van der Waals surface area (Å²) in [5, 5.41) is 13.5. The van der Waals surface area contributed by atoms with E-state index in [2.05, 4.69) is 38.2 Å². The van der Waals surface area contributed by atoms with E-state index in [-0.39, 0.29) is 12.5 Å². The van der Waals surface area contributed by atoms with Crippen molar-refractivity contribution < 1.29 is 19.4 Å². The summed E-state index contributed by atoms with van der Waals surface area (Å²) >= 11 is 0. The zero-order valence-corrected chi connectivity index (χ0v) is 22.4. The summed E-state index contributed by atoms with van der Waals surface area (Å²) in [6, 6.07) is 7.81. The Bertz CT molecular complexity index is 693. The van der Waals surface area contributed by atoms with Crippen molar-refractivity contribution in [3.8, 4) is 5.75 Å². The molecule has 1 aromatic rings. The molecule has 0 aromatic heterocycles. The number of rotatable bonds is 18. The standard InChI is InChI=1S/C28H50N2O4/c1-7-9-14-28(5,6)27(32)30-20-26(31)25(29)19-23(21(3)4)17-22-12-10-13-24(18-22)34-16-11-15-33-8-2/h10,12-13,18,21,23,25-26,31H,7-9,11,14-17,19-20,29H2,1-6H3,(H,30,32)/t23-,25-,26-/m0/s1. The molecule has 1 aromatic carbocycles. The van der Waals surface area contributed by atoms with Crippen LogP contribution < -0.4 is 15.8 Å². The number of aliphatic hydroxyl groups excluding tert-OH is 1. The van der Waals surface area contributed by atoms with Crippen molar-refractivity contribution in [1.29, 1.82) is 0 Å². The van der Waals surface area contributed by atoms with Crippen LogP contribution in [0.1, 0.15) is 79.2 Å². The molecule has 196 valence electrons. The van der Waals surface area contributed by atoms with Gasteiger partial charge in [0.1, 0.15) is 5.75 Å². The van der Waals surface area contributed by atoms with Crippen molar-refractivity contribution >= 4 is 5.91 Å². The molecule has 4 N–H and O–H groups in total. The average molecular weight is 479 g/mol. The van der Waals surface area contributed by atoms with E-state index in [0.29, 0.717) is 31.5 Å². The molecule has 0 fully saturated rings. The summed E-state index contributed by atoms with van der Waals surface area (Å²) < 4.78 is 11.2. The number of carbonyl (C=O) groups is 1. The topological polar surface area (TPSA) is 93.8 Å². The Balaban J connectivity index is 2.59. The number of nitrogens with one attached hydrogen (secondary N) is 1. The first-order valence-electron chi connectivity index (χ1n) is 13.1. The zero-order valence-electron chi connectivity index (χ0n) is 22.4. The van der Waals surface area contributed by atoms with Gasteiger partial charge in [-0.15, -0.1) is 0 Å². The van der Waals surface area contributed by atoms with Crippen LogP contribution in [0.4, 0.5) is 0 Å². The van der Waals surface area contributed by atoms with Crippen molar-refractivity contribution in [2.24, 2.45) is 23.0 Å². The molecule has 1 rings (SSSR count). The highest BCUT2D eigenvalue weighted by atomic mass is 16.5. The van der Waals surface area contributed by atoms with Crippen molar-refractivity contribution in [2.45, 2.75) is 92.2 Å². The van der Waals surface area contributed by atoms with Gasteiger partial charge in [0.15, 0.2) is 0 Å². The fourth-order valence-corrected chi connectivity index (χ4v) is 3.98. The minimum absolute atomic E-state index is 0.0225. The maximum atomic E-state index is 12.5. The van der Waals surface area contributed by atoms with Gasteiger partial charge in [-0.1, -0.05) is 59.6 Å². The van der Waals surface area contributed by atoms with Gasteiger partial charge in [-0.25, -0.2) is 0 Å². The van der Waals surface area contributed by atoms with Gasteiger partial charge in [0.25, 0.3) is 0 Å². The summed E-state index contributed by atoms with van der Waals surface area (Å²) in [5.41, 5.74) is 7.15. The second-order valence-electron chi connectivity index (χ2n) is 10.4. The molecule has 0 aliphatic rings. The first-order chi connectivity index (χ1) is 16.1. The molecule has 0 aliphatic heterocycles. The van der Waals surface area contributed by atoms with E-state index >= 15 is 0 Å². The number of hydrogen-bond acceptors (Lipinski definition) is 5. The van der Waals surface area contributed by atoms with Gasteiger partial charge in [0.05, 0.1) is 12.7 Å². The molecule has 3 atom stereocenters. The average Bonchev–Trinajstić information content (AvgIpc) is 2.80. The number of aliphatic hydroxyl groups is 1. The number of unbranched alkanes of at least 4 members (excludes halogenated alkanes) is 1. The molecule has 6 heteroatoms. The first kappa shape index (κ1) is 30.4. The van der Waals surface area contributed by atoms with Crippen LogP contribution in [0, 0.1) is 17.3 Å². The van der Waals surface area contributed by atoms with Gasteiger partial charge in [0.2, 0.25) is 5.91 Å². The summed E-state index contributed by atoms with van der Waals surface area (Å²) in [4.78, 5) is 12.5. The van der Waals surface area contributed by atoms with Gasteiger partial charge < -0.3 is 25.6 Å². The smallest absolute Gasteiger partial charge is 0.225 e. The second-order valence-corrected chi connectivity index (χ2v) is 10.4. The van der Waals surface area contributed by atoms with Crippen LogP contribution in [0.15, 0.2) is 24.3 Å². The summed E-state index contributed by atoms with van der Waals surface area (Å²) in [5.74, 6) is 1.58. The number of hydrogen-bond donors (Lipinski definition) is 3. The number of nitrogens with two attached hydrogens (primary N) is 1. The highest BCUT2D eigenvalue weighted by Crippen LogP contribution is 2.26. The van der Waals surface area contributed by atoms with Crippen LogP contribution in [0.3, 0.4) is 0 Å². The maximum Gasteiger partial charge on any atom is 0.225 e. The van der Waals surface area contributed by atoms with Gasteiger partial charge in [0, 0.05) is 37.6 Å². The van der Waals surface area contributed by atoms with E-state index < -0.39 is 17.6 Å². The van der Waals surface area contributed by atoms with Crippen molar-refractivity contribution in [3.05, 3.63) is 29.8 Å². The molecular weight excluding hydrogens is 428 g/mol. The normalized spacial score (nSPS) is 14.6. The van der Waals surface area contributed by atoms with Crippen molar-refractivity contribution in [2.75, 3.05) is 26.4 Å². The molecule has 0 aliphatic carbocycles. The fourth-order valence-electron chi connectivity index (χ4n) is 3.98. The molecule has 0 saturated carbocycles. The third-order valence-electron chi connectivity index (χ3n) is 6.56. The predicted molar refractivity (Wildman–Crippen MR) is 140 cm³/mol. The highest BCUT2D eigenvalue weighted by molar-refractivity contribution is 5.81. The Morgan fingerprint density at radius 2 is 1.91 bits per heavy atom. The summed E-state index contributed by atoms with van der Waals surface area (Å²) in [6.45, 7) is 14.7. The van der Waals surface area contributed by atoms with E-state index in [9.17, 15) is 9.90 Å². The summed E-state index contributed by atoms with van der Waals surface area (Å²) in [6.07, 6.45) is 4.56. The molecule has 0 radical (unpaired) electrons. The molecule has 0 bridgehead atoms. The lowest BCUT2D eigenvalue weighted by molar-refractivity contribution is -0.130. The minimum Gasteiger partial charge on any atom is -0.493 e. The van der Waals surface area contributed by atoms with Gasteiger partial charge in [-0.2, -0.15) is 0 Å². The molecule has 0 spiro atoms. The Morgan fingerprint density at radius 1 is 1.18 bits per heavy atom. The van der Waals surface area contributed by atoms with Gasteiger partial charge >= 0.3 is 0 Å². The fraction of sp³-hybridized carbons (Fsp3) is 0.750. The van der Waals surface area contributed by atoms with Crippen molar-refractivity contribution in [1.82, 2.24) is 5.32 Å². The van der Waals surface area contributed by atoms with Crippen LogP contribution in [0.5, 0.6) is 5.75 Å². The molecule has 0 heterocycles. The molecule has 1 amide bonds. The van der Waals surface area contributed by atoms with E-state index in [1.807, 2.05) is 32.9 Å². The Kier molecular flexibility index (Phi) is 14.4. The predicted octanol–water partition coefficient (Wildman–Crippen LogP) is 4.72. The van der Waals surface area contributed by atoms with E-state index in [1.165, 1.54) is 5.56 Å². The van der Waals surface area contributed by atoms with Crippen LogP contribution in [-0.2, 0) is 16.0 Å². The largest absolute Gasteiger partial charge is 0.493 e. The minimum atomic E-state index is -0.771. The molecule has 0 saturated heterocycles. The first-order valence-corrected chi connectivity index (χ1v) is 13.1. The number of amides is 1. The van der Waals surface area contributed by atoms with E-state index in [1.54, 1.807) is 0 Å². The van der Waals surface area contributed by atoms with Crippen LogP contribution in [0.25, 0.3) is 0 Å². The SMILES string of the molecule is CCCCC(C)(C)C(=O)NC[C@H](O)[C@@H](N)C[C@H](Cc1cccc(OCCCOCC)c1)C(C)C. The third-order valence-corrected chi connectivity index (χ3v) is 6.56. The third kappa shape index (κ3) is 11.7. The van der Waals surface area contributed by atoms with Gasteiger partial charge in [-0.3, -0.25) is 4.79 Å². The van der Waals surface area contributed by atoms with E-state index in [0.717, 1.165) is 44.5 Å². The van der Waals surface area contributed by atoms with E-state index in [4.69, 9.17) is 15.2 Å². The quantitative estimate of drug-likeness (QED) is 0.266. The molecule has 6 nitrogen and oxygen atoms in total. The lowest BCUT2D eigenvalue weighted by Crippen LogP contribution is -2.47. The Hall–Kier alpha value is -1.63. The number of benzene rings is 1.